The smallest absolute Gasteiger partial charge is 0.126 e. The van der Waals surface area contributed by atoms with Gasteiger partial charge in [-0.3, -0.25) is 0 Å². The molecule has 108 valence electrons. The lowest BCUT2D eigenvalue weighted by atomic mass is 10.1. The minimum absolute atomic E-state index is 0.0758. The number of rotatable bonds is 2. The Balaban J connectivity index is 2.93. The topological polar surface area (TPSA) is 166 Å². The van der Waals surface area contributed by atoms with E-state index in [4.69, 9.17) is 11.5 Å². The normalized spacial score (nSPS) is 12.7. The molecule has 2 rings (SSSR count). The molecular weight excluding hydrogens is 308 g/mol. The number of fused-ring (bicyclic) bond motifs is 1. The van der Waals surface area contributed by atoms with Gasteiger partial charge in [0.15, 0.2) is 0 Å². The van der Waals surface area contributed by atoms with Gasteiger partial charge in [-0.15, -0.1) is 0 Å². The van der Waals surface area contributed by atoms with E-state index in [2.05, 4.69) is 0 Å². The van der Waals surface area contributed by atoms with Crippen LogP contribution >= 0.6 is 0 Å². The van der Waals surface area contributed by atoms with Crippen LogP contribution in [0.5, 0.6) is 0 Å². The van der Waals surface area contributed by atoms with Crippen LogP contribution < -0.4 is 11.5 Å². The average molecular weight is 316 g/mol. The average Bonchev–Trinajstić information content (AvgIpc) is 2.30. The summed E-state index contributed by atoms with van der Waals surface area (Å²) < 4.78 is 65.9. The Hall–Kier alpha value is -1.88. The second-order valence-electron chi connectivity index (χ2n) is 3.99. The fourth-order valence-corrected chi connectivity index (χ4v) is 2.94. The molecule has 0 heterocycles. The van der Waals surface area contributed by atoms with Gasteiger partial charge in [-0.1, -0.05) is 6.07 Å². The summed E-state index contributed by atoms with van der Waals surface area (Å²) in [4.78, 5) is -1.23. The van der Waals surface area contributed by atoms with E-state index in [1.54, 1.807) is 0 Å². The van der Waals surface area contributed by atoms with Gasteiger partial charge in [0.25, 0.3) is 0 Å². The fourth-order valence-electron chi connectivity index (χ4n) is 1.79. The summed E-state index contributed by atoms with van der Waals surface area (Å²) in [5.41, 5.74) is 10.6. The van der Waals surface area contributed by atoms with E-state index in [1.807, 2.05) is 0 Å². The largest absolute Gasteiger partial charge is 0.744 e. The van der Waals surface area contributed by atoms with Gasteiger partial charge in [-0.05, 0) is 18.2 Å². The minimum Gasteiger partial charge on any atom is -0.744 e. The zero-order chi connectivity index (χ0) is 15.3. The van der Waals surface area contributed by atoms with E-state index in [-0.39, 0.29) is 22.1 Å². The monoisotopic (exact) mass is 316 g/mol. The van der Waals surface area contributed by atoms with E-state index in [0.717, 1.165) is 24.3 Å². The summed E-state index contributed by atoms with van der Waals surface area (Å²) in [6, 6.07) is 3.90. The van der Waals surface area contributed by atoms with Crippen molar-refractivity contribution in [2.24, 2.45) is 0 Å². The first-order valence-corrected chi connectivity index (χ1v) is 7.87. The number of nitrogen functional groups attached to an aromatic ring is 2. The standard InChI is InChI=1S/C10H10N2O6S2/c11-8-4-9(20(16,17)18)10(12)6-2-1-5(3-7(6)8)19(13,14)15/h1-4H,11-12H2,(H,13,14,15)(H,16,17,18)/p-2. The third-order valence-corrected chi connectivity index (χ3v) is 4.41. The highest BCUT2D eigenvalue weighted by molar-refractivity contribution is 7.86. The van der Waals surface area contributed by atoms with Crippen LogP contribution in [0.3, 0.4) is 0 Å². The molecule has 2 aromatic rings. The Kier molecular flexibility index (Phi) is 3.13. The van der Waals surface area contributed by atoms with Gasteiger partial charge in [0.05, 0.1) is 15.5 Å². The van der Waals surface area contributed by atoms with Crippen molar-refractivity contribution in [3.8, 4) is 0 Å². The number of benzene rings is 2. The molecule has 0 radical (unpaired) electrons. The van der Waals surface area contributed by atoms with Gasteiger partial charge in [0.2, 0.25) is 0 Å². The molecule has 0 aliphatic rings. The van der Waals surface area contributed by atoms with Crippen LogP contribution in [0.1, 0.15) is 0 Å². The summed E-state index contributed by atoms with van der Waals surface area (Å²) >= 11 is 0. The molecule has 0 fully saturated rings. The SMILES string of the molecule is Nc1cc(S(=O)(=O)[O-])c(N)c2ccc(S(=O)(=O)[O-])cc12. The third-order valence-electron chi connectivity index (χ3n) is 2.70. The molecule has 0 aromatic heterocycles. The zero-order valence-corrected chi connectivity index (χ0v) is 11.4. The van der Waals surface area contributed by atoms with Crippen LogP contribution in [0.4, 0.5) is 11.4 Å². The van der Waals surface area contributed by atoms with Gasteiger partial charge in [0, 0.05) is 16.5 Å². The third kappa shape index (κ3) is 2.41. The van der Waals surface area contributed by atoms with Crippen LogP contribution in [0.2, 0.25) is 0 Å². The summed E-state index contributed by atoms with van der Waals surface area (Å²) in [5.74, 6) is 0. The Morgan fingerprint density at radius 1 is 0.850 bits per heavy atom. The van der Waals surface area contributed by atoms with Gasteiger partial charge in [-0.2, -0.15) is 0 Å². The lowest BCUT2D eigenvalue weighted by Gasteiger charge is -2.15. The predicted octanol–water partition coefficient (Wildman–Crippen LogP) is -0.188. The number of hydrogen-bond acceptors (Lipinski definition) is 8. The van der Waals surface area contributed by atoms with Crippen LogP contribution in [0.15, 0.2) is 34.1 Å². The maximum absolute atomic E-state index is 11.0. The van der Waals surface area contributed by atoms with Gasteiger partial charge in [0.1, 0.15) is 20.2 Å². The van der Waals surface area contributed by atoms with Crippen LogP contribution in [0, 0.1) is 0 Å². The summed E-state index contributed by atoms with van der Waals surface area (Å²) in [6.45, 7) is 0. The molecule has 0 saturated heterocycles. The molecule has 0 atom stereocenters. The number of nitrogens with two attached hydrogens (primary N) is 2. The van der Waals surface area contributed by atoms with Gasteiger partial charge < -0.3 is 20.6 Å². The second kappa shape index (κ2) is 4.31. The summed E-state index contributed by atoms with van der Waals surface area (Å²) in [7, 11) is -9.51. The van der Waals surface area contributed by atoms with Crippen LogP contribution in [0.25, 0.3) is 10.8 Å². The quantitative estimate of drug-likeness (QED) is 0.568. The molecule has 4 N–H and O–H groups in total. The van der Waals surface area contributed by atoms with Crippen molar-refractivity contribution in [2.45, 2.75) is 9.79 Å². The van der Waals surface area contributed by atoms with E-state index in [0.29, 0.717) is 0 Å². The number of hydrogen-bond donors (Lipinski definition) is 2. The maximum atomic E-state index is 11.0. The first-order valence-electron chi connectivity index (χ1n) is 5.05. The van der Waals surface area contributed by atoms with Crippen molar-refractivity contribution in [3.63, 3.8) is 0 Å². The number of anilines is 2. The molecule has 0 amide bonds. The Labute approximate surface area is 114 Å². The molecular formula is C10H8N2O6S2-2. The molecule has 8 nitrogen and oxygen atoms in total. The summed E-state index contributed by atoms with van der Waals surface area (Å²) in [5, 5.41) is 0.152. The van der Waals surface area contributed by atoms with Crippen molar-refractivity contribution >= 4 is 42.4 Å². The van der Waals surface area contributed by atoms with E-state index in [9.17, 15) is 25.9 Å². The predicted molar refractivity (Wildman–Crippen MR) is 68.7 cm³/mol. The van der Waals surface area contributed by atoms with Crippen molar-refractivity contribution < 1.29 is 25.9 Å². The Morgan fingerprint density at radius 2 is 1.45 bits per heavy atom. The van der Waals surface area contributed by atoms with Gasteiger partial charge in [-0.25, -0.2) is 16.8 Å². The molecule has 0 spiro atoms. The molecule has 0 bridgehead atoms. The molecule has 0 unspecified atom stereocenters. The van der Waals surface area contributed by atoms with Crippen molar-refractivity contribution in [1.82, 2.24) is 0 Å². The lowest BCUT2D eigenvalue weighted by Crippen LogP contribution is -2.06. The van der Waals surface area contributed by atoms with Gasteiger partial charge >= 0.3 is 0 Å². The highest BCUT2D eigenvalue weighted by Crippen LogP contribution is 2.34. The summed E-state index contributed by atoms with van der Waals surface area (Å²) in [6.07, 6.45) is 0. The van der Waals surface area contributed by atoms with Crippen molar-refractivity contribution in [1.29, 1.82) is 0 Å². The second-order valence-corrected chi connectivity index (χ2v) is 6.72. The van der Waals surface area contributed by atoms with E-state index < -0.39 is 30.0 Å². The van der Waals surface area contributed by atoms with Crippen LogP contribution in [-0.4, -0.2) is 25.9 Å². The molecule has 2 aromatic carbocycles. The fraction of sp³-hybridized carbons (Fsp3) is 0. The maximum Gasteiger partial charge on any atom is 0.126 e. The highest BCUT2D eigenvalue weighted by Gasteiger charge is 2.14. The highest BCUT2D eigenvalue weighted by atomic mass is 32.2. The van der Waals surface area contributed by atoms with Crippen LogP contribution in [-0.2, 0) is 20.2 Å². The van der Waals surface area contributed by atoms with Crippen molar-refractivity contribution in [2.75, 3.05) is 11.5 Å². The lowest BCUT2D eigenvalue weighted by molar-refractivity contribution is 0.461. The molecule has 20 heavy (non-hydrogen) atoms. The first kappa shape index (κ1) is 14.5. The van der Waals surface area contributed by atoms with E-state index >= 15 is 0 Å². The van der Waals surface area contributed by atoms with E-state index in [1.165, 1.54) is 0 Å². The molecule has 0 aliphatic heterocycles. The molecule has 0 aliphatic carbocycles. The molecule has 0 saturated carbocycles. The zero-order valence-electron chi connectivity index (χ0n) is 9.73. The van der Waals surface area contributed by atoms with Crippen molar-refractivity contribution in [3.05, 3.63) is 24.3 Å². The Bertz CT molecular complexity index is 918. The Morgan fingerprint density at radius 3 is 1.95 bits per heavy atom. The minimum atomic E-state index is -4.82. The molecule has 10 heteroatoms. The first-order chi connectivity index (χ1) is 9.01.